The average molecular weight is 292 g/mol. The Morgan fingerprint density at radius 2 is 1.33 bits per heavy atom. The fraction of sp³-hybridized carbons (Fsp3) is 0.200. The Balaban J connectivity index is 2.09. The van der Waals surface area contributed by atoms with Gasteiger partial charge < -0.3 is 0 Å². The lowest BCUT2D eigenvalue weighted by molar-refractivity contribution is 0.804. The van der Waals surface area contributed by atoms with Crippen LogP contribution in [0.4, 0.5) is 0 Å². The molecule has 1 aliphatic carbocycles. The van der Waals surface area contributed by atoms with Crippen LogP contribution in [0.3, 0.4) is 0 Å². The van der Waals surface area contributed by atoms with Crippen molar-refractivity contribution in [1.29, 1.82) is 0 Å². The number of hydrogen-bond donors (Lipinski definition) is 0. The lowest BCUT2D eigenvalue weighted by Crippen LogP contribution is -2.30. The zero-order chi connectivity index (χ0) is 14.7. The normalized spacial score (nSPS) is 14.5. The van der Waals surface area contributed by atoms with Gasteiger partial charge >= 0.3 is 0 Å². The largest absolute Gasteiger partial charge is 0.0804 e. The molecule has 0 unspecified atom stereocenters. The summed E-state index contributed by atoms with van der Waals surface area (Å²) in [4.78, 5) is 0. The molecule has 0 saturated carbocycles. The Hall–Kier alpha value is -1.65. The maximum atomic E-state index is 2.40. The van der Waals surface area contributed by atoms with Gasteiger partial charge in [-0.15, -0.1) is 0 Å². The third-order valence-electron chi connectivity index (χ3n) is 4.14. The summed E-state index contributed by atoms with van der Waals surface area (Å²) >= 11 is 0. The summed E-state index contributed by atoms with van der Waals surface area (Å²) in [7, 11) is -0.413. The van der Waals surface area contributed by atoms with Gasteiger partial charge in [0.25, 0.3) is 0 Å². The van der Waals surface area contributed by atoms with Gasteiger partial charge in [0.2, 0.25) is 0 Å². The van der Waals surface area contributed by atoms with Gasteiger partial charge in [-0.3, -0.25) is 0 Å². The number of rotatable bonds is 4. The predicted molar refractivity (Wildman–Crippen MR) is 95.0 cm³/mol. The van der Waals surface area contributed by atoms with E-state index < -0.39 is 7.92 Å². The van der Waals surface area contributed by atoms with Crippen LogP contribution in [0.2, 0.25) is 0 Å². The molecule has 0 N–H and O–H groups in total. The SMILES string of the molecule is CC(C)(C1=CC=CC1)P(c1ccccc1)c1ccccc1. The Bertz CT molecular complexity index is 611. The van der Waals surface area contributed by atoms with Crippen LogP contribution in [-0.4, -0.2) is 5.16 Å². The zero-order valence-electron chi connectivity index (χ0n) is 12.7. The van der Waals surface area contributed by atoms with Crippen molar-refractivity contribution in [3.05, 3.63) is 84.5 Å². The van der Waals surface area contributed by atoms with Crippen LogP contribution < -0.4 is 10.6 Å². The van der Waals surface area contributed by atoms with Crippen LogP contribution >= 0.6 is 7.92 Å². The van der Waals surface area contributed by atoms with E-state index in [1.165, 1.54) is 10.6 Å². The molecule has 21 heavy (non-hydrogen) atoms. The van der Waals surface area contributed by atoms with Crippen molar-refractivity contribution >= 4 is 18.5 Å². The molecule has 0 bridgehead atoms. The molecule has 0 aliphatic heterocycles. The van der Waals surface area contributed by atoms with E-state index >= 15 is 0 Å². The number of allylic oxidation sites excluding steroid dienone is 4. The van der Waals surface area contributed by atoms with Crippen LogP contribution in [0.25, 0.3) is 0 Å². The van der Waals surface area contributed by atoms with Crippen LogP contribution in [0, 0.1) is 0 Å². The molecule has 0 fully saturated rings. The first-order chi connectivity index (χ1) is 10.2. The summed E-state index contributed by atoms with van der Waals surface area (Å²) in [5, 5.41) is 3.08. The van der Waals surface area contributed by atoms with Gasteiger partial charge in [0, 0.05) is 5.16 Å². The molecule has 2 aromatic carbocycles. The molecule has 0 radical (unpaired) electrons. The van der Waals surface area contributed by atoms with E-state index in [1.807, 2.05) is 0 Å². The molecule has 106 valence electrons. The predicted octanol–water partition coefficient (Wildman–Crippen LogP) is 4.78. The highest BCUT2D eigenvalue weighted by Crippen LogP contribution is 2.53. The second kappa shape index (κ2) is 6.00. The number of benzene rings is 2. The molecular formula is C20H21P. The standard InChI is InChI=1S/C20H21P/c1-20(2,17-11-9-10-12-17)21(18-13-5-3-6-14-18)19-15-7-4-8-16-19/h3-11,13-16H,12H2,1-2H3. The molecule has 0 spiro atoms. The van der Waals surface area contributed by atoms with E-state index in [-0.39, 0.29) is 5.16 Å². The highest BCUT2D eigenvalue weighted by atomic mass is 31.1. The van der Waals surface area contributed by atoms with Gasteiger partial charge in [-0.25, -0.2) is 0 Å². The molecule has 0 saturated heterocycles. The Morgan fingerprint density at radius 3 is 1.76 bits per heavy atom. The van der Waals surface area contributed by atoms with E-state index in [4.69, 9.17) is 0 Å². The highest BCUT2D eigenvalue weighted by molar-refractivity contribution is 7.74. The second-order valence-corrected chi connectivity index (χ2v) is 8.71. The highest BCUT2D eigenvalue weighted by Gasteiger charge is 2.35. The van der Waals surface area contributed by atoms with Gasteiger partial charge in [-0.05, 0) is 25.0 Å². The molecule has 3 rings (SSSR count). The summed E-state index contributed by atoms with van der Waals surface area (Å²) in [6.45, 7) is 4.80. The molecule has 2 aromatic rings. The van der Waals surface area contributed by atoms with Crippen LogP contribution in [0.1, 0.15) is 20.3 Å². The average Bonchev–Trinajstić information content (AvgIpc) is 3.04. The maximum Gasteiger partial charge on any atom is 0.0143 e. The molecule has 0 nitrogen and oxygen atoms in total. The third-order valence-corrected chi connectivity index (χ3v) is 7.18. The van der Waals surface area contributed by atoms with Crippen molar-refractivity contribution in [2.24, 2.45) is 0 Å². The lowest BCUT2D eigenvalue weighted by Gasteiger charge is -2.37. The van der Waals surface area contributed by atoms with E-state index in [2.05, 4.69) is 92.7 Å². The third kappa shape index (κ3) is 2.87. The maximum absolute atomic E-state index is 2.40. The van der Waals surface area contributed by atoms with Crippen molar-refractivity contribution in [2.75, 3.05) is 0 Å². The minimum absolute atomic E-state index is 0.168. The van der Waals surface area contributed by atoms with Gasteiger partial charge in [0.05, 0.1) is 0 Å². The zero-order valence-corrected chi connectivity index (χ0v) is 13.6. The first-order valence-corrected chi connectivity index (χ1v) is 8.80. The Morgan fingerprint density at radius 1 is 0.810 bits per heavy atom. The molecule has 0 heterocycles. The number of hydrogen-bond acceptors (Lipinski definition) is 0. The first kappa shape index (κ1) is 14.3. The minimum Gasteiger partial charge on any atom is -0.0804 e. The molecule has 1 aliphatic rings. The van der Waals surface area contributed by atoms with Gasteiger partial charge in [-0.2, -0.15) is 0 Å². The van der Waals surface area contributed by atoms with Crippen molar-refractivity contribution in [2.45, 2.75) is 25.4 Å². The Labute approximate surface area is 129 Å². The monoisotopic (exact) mass is 292 g/mol. The molecule has 0 aromatic heterocycles. The summed E-state index contributed by atoms with van der Waals surface area (Å²) in [5.41, 5.74) is 1.54. The summed E-state index contributed by atoms with van der Waals surface area (Å²) < 4.78 is 0. The Kier molecular flexibility index (Phi) is 4.08. The van der Waals surface area contributed by atoms with Gasteiger partial charge in [-0.1, -0.05) is 98.3 Å². The smallest absolute Gasteiger partial charge is 0.0143 e. The fourth-order valence-electron chi connectivity index (χ4n) is 2.99. The van der Waals surface area contributed by atoms with E-state index in [0.717, 1.165) is 6.42 Å². The van der Waals surface area contributed by atoms with Crippen molar-refractivity contribution < 1.29 is 0 Å². The minimum atomic E-state index is -0.413. The first-order valence-electron chi connectivity index (χ1n) is 7.46. The quantitative estimate of drug-likeness (QED) is 0.711. The van der Waals surface area contributed by atoms with Crippen molar-refractivity contribution in [3.8, 4) is 0 Å². The van der Waals surface area contributed by atoms with Crippen LogP contribution in [0.15, 0.2) is 84.5 Å². The van der Waals surface area contributed by atoms with Crippen LogP contribution in [0.5, 0.6) is 0 Å². The van der Waals surface area contributed by atoms with E-state index in [0.29, 0.717) is 0 Å². The molecule has 0 amide bonds. The lowest BCUT2D eigenvalue weighted by atomic mass is 10.0. The summed E-state index contributed by atoms with van der Waals surface area (Å²) in [6.07, 6.45) is 7.86. The van der Waals surface area contributed by atoms with Crippen LogP contribution in [-0.2, 0) is 0 Å². The summed E-state index contributed by atoms with van der Waals surface area (Å²) in [6, 6.07) is 22.0. The van der Waals surface area contributed by atoms with Crippen molar-refractivity contribution in [3.63, 3.8) is 0 Å². The van der Waals surface area contributed by atoms with Crippen molar-refractivity contribution in [1.82, 2.24) is 0 Å². The fourth-order valence-corrected chi connectivity index (χ4v) is 5.98. The van der Waals surface area contributed by atoms with E-state index in [1.54, 1.807) is 5.57 Å². The molecule has 0 atom stereocenters. The second-order valence-electron chi connectivity index (χ2n) is 5.89. The topological polar surface area (TPSA) is 0 Å². The summed E-state index contributed by atoms with van der Waals surface area (Å²) in [5.74, 6) is 0. The van der Waals surface area contributed by atoms with Gasteiger partial charge in [0.1, 0.15) is 0 Å². The molecule has 1 heteroatoms. The van der Waals surface area contributed by atoms with E-state index in [9.17, 15) is 0 Å². The van der Waals surface area contributed by atoms with Gasteiger partial charge in [0.15, 0.2) is 0 Å². The molecular weight excluding hydrogens is 271 g/mol.